The molecule has 0 aliphatic carbocycles. The Morgan fingerprint density at radius 2 is 1.25 bits per heavy atom. The van der Waals surface area contributed by atoms with Crippen LogP contribution in [0.25, 0.3) is 0 Å². The number of rotatable bonds is 0. The summed E-state index contributed by atoms with van der Waals surface area (Å²) < 4.78 is 0. The van der Waals surface area contributed by atoms with E-state index in [9.17, 15) is 0 Å². The maximum absolute atomic E-state index is 2.92. The third-order valence-corrected chi connectivity index (χ3v) is 0.718. The van der Waals surface area contributed by atoms with Gasteiger partial charge in [0.2, 0.25) is 0 Å². The van der Waals surface area contributed by atoms with E-state index in [1.54, 1.807) is 0 Å². The number of hydrogen-bond acceptors (Lipinski definition) is 1. The smallest absolute Gasteiger partial charge is 0.000442 e. The Balaban J connectivity index is 0.000000490. The van der Waals surface area contributed by atoms with Gasteiger partial charge in [0.1, 0.15) is 0 Å². The fraction of sp³-hybridized carbons (Fsp3) is 0. The van der Waals surface area contributed by atoms with Crippen LogP contribution in [0, 0.1) is 0 Å². The predicted octanol–water partition coefficient (Wildman–Crippen LogP) is 1.05. The van der Waals surface area contributed by atoms with E-state index in [-0.39, 0.29) is 5.48 Å². The summed E-state index contributed by atoms with van der Waals surface area (Å²) in [5.41, 5.74) is 0. The van der Waals surface area contributed by atoms with Gasteiger partial charge in [0.05, 0.1) is 0 Å². The monoisotopic (exact) mass is 109 g/mol. The zero-order chi connectivity index (χ0) is 4.95. The van der Waals surface area contributed by atoms with Crippen molar-refractivity contribution in [3.8, 4) is 0 Å². The van der Waals surface area contributed by atoms with Gasteiger partial charge in [0, 0.05) is 17.9 Å². The second kappa shape index (κ2) is 4.15. The van der Waals surface area contributed by atoms with Crippen molar-refractivity contribution in [3.05, 3.63) is 36.7 Å². The van der Waals surface area contributed by atoms with E-state index in [1.807, 2.05) is 36.7 Å². The minimum Gasteiger partial charge on any atom is -0.368 e. The van der Waals surface area contributed by atoms with Crippen molar-refractivity contribution in [1.29, 1.82) is 0 Å². The molecule has 2 nitrogen and oxygen atoms in total. The van der Waals surface area contributed by atoms with Gasteiger partial charge < -0.3 is 5.32 Å². The van der Waals surface area contributed by atoms with Gasteiger partial charge in [-0.2, -0.15) is 0 Å². The van der Waals surface area contributed by atoms with Gasteiger partial charge in [-0.25, -0.2) is 0 Å². The normalized spacial score (nSPS) is 14.0. The van der Waals surface area contributed by atoms with Crippen LogP contribution < -0.4 is 5.32 Å². The molecular weight excluding hydrogens is 102 g/mol. The standard InChI is InChI=1S/C6H7N.O/c1-2-4-6-7-5-3-1;/h1-7H;. The Labute approximate surface area is 48.5 Å². The minimum absolute atomic E-state index is 0. The predicted molar refractivity (Wildman–Crippen MR) is 31.2 cm³/mol. The zero-order valence-electron chi connectivity index (χ0n) is 4.37. The quantitative estimate of drug-likeness (QED) is 0.496. The fourth-order valence-electron chi connectivity index (χ4n) is 0.406. The highest BCUT2D eigenvalue weighted by molar-refractivity contribution is 5.14. The van der Waals surface area contributed by atoms with E-state index in [1.165, 1.54) is 0 Å². The highest BCUT2D eigenvalue weighted by Gasteiger charge is 1.67. The first-order valence-electron chi connectivity index (χ1n) is 2.24. The van der Waals surface area contributed by atoms with E-state index in [0.717, 1.165) is 0 Å². The second-order valence-corrected chi connectivity index (χ2v) is 1.27. The Kier molecular flexibility index (Phi) is 3.62. The van der Waals surface area contributed by atoms with Crippen molar-refractivity contribution < 1.29 is 5.48 Å². The SMILES string of the molecule is C1=CC=CNC=C1.[O]. The molecule has 1 aliphatic rings. The zero-order valence-corrected chi connectivity index (χ0v) is 4.37. The summed E-state index contributed by atoms with van der Waals surface area (Å²) in [4.78, 5) is 0. The Morgan fingerprint density at radius 1 is 0.750 bits per heavy atom. The van der Waals surface area contributed by atoms with Crippen molar-refractivity contribution in [1.82, 2.24) is 5.32 Å². The van der Waals surface area contributed by atoms with Gasteiger partial charge in [-0.1, -0.05) is 12.2 Å². The van der Waals surface area contributed by atoms with E-state index < -0.39 is 0 Å². The van der Waals surface area contributed by atoms with Crippen LogP contribution in [0.3, 0.4) is 0 Å². The lowest BCUT2D eigenvalue weighted by Crippen LogP contribution is -1.87. The van der Waals surface area contributed by atoms with Crippen LogP contribution >= 0.6 is 0 Å². The van der Waals surface area contributed by atoms with E-state index in [2.05, 4.69) is 5.32 Å². The van der Waals surface area contributed by atoms with Gasteiger partial charge in [-0.3, -0.25) is 0 Å². The minimum atomic E-state index is 0. The van der Waals surface area contributed by atoms with Crippen LogP contribution in [-0.4, -0.2) is 0 Å². The van der Waals surface area contributed by atoms with Crippen molar-refractivity contribution in [2.24, 2.45) is 0 Å². The summed E-state index contributed by atoms with van der Waals surface area (Å²) in [6.07, 6.45) is 11.6. The Bertz CT molecular complexity index is 110. The molecule has 1 heterocycles. The van der Waals surface area contributed by atoms with Gasteiger partial charge in [0.15, 0.2) is 0 Å². The van der Waals surface area contributed by atoms with Gasteiger partial charge >= 0.3 is 0 Å². The van der Waals surface area contributed by atoms with Crippen molar-refractivity contribution in [3.63, 3.8) is 0 Å². The lowest BCUT2D eigenvalue weighted by molar-refractivity contribution is 0.686. The molecule has 2 heteroatoms. The molecule has 1 aliphatic heterocycles. The highest BCUT2D eigenvalue weighted by atomic mass is 16.0. The number of allylic oxidation sites excluding steroid dienone is 4. The molecule has 0 fully saturated rings. The van der Waals surface area contributed by atoms with E-state index >= 15 is 0 Å². The largest absolute Gasteiger partial charge is 0.368 e. The molecule has 0 saturated heterocycles. The molecule has 0 aromatic carbocycles. The summed E-state index contributed by atoms with van der Waals surface area (Å²) in [6, 6.07) is 0. The van der Waals surface area contributed by atoms with Crippen LogP contribution in [0.2, 0.25) is 0 Å². The maximum Gasteiger partial charge on any atom is 0.000442 e. The topological polar surface area (TPSA) is 40.5 Å². The van der Waals surface area contributed by atoms with Gasteiger partial charge in [-0.05, 0) is 12.2 Å². The van der Waals surface area contributed by atoms with Crippen molar-refractivity contribution >= 4 is 0 Å². The van der Waals surface area contributed by atoms with Gasteiger partial charge in [0.25, 0.3) is 0 Å². The van der Waals surface area contributed by atoms with Crippen LogP contribution in [0.4, 0.5) is 0 Å². The molecule has 0 saturated carbocycles. The third-order valence-electron chi connectivity index (χ3n) is 0.718. The average Bonchev–Trinajstić information content (AvgIpc) is 1.90. The van der Waals surface area contributed by atoms with E-state index in [4.69, 9.17) is 0 Å². The van der Waals surface area contributed by atoms with Crippen LogP contribution in [0.5, 0.6) is 0 Å². The first-order valence-corrected chi connectivity index (χ1v) is 2.24. The molecule has 1 N–H and O–H groups in total. The first kappa shape index (κ1) is 6.98. The summed E-state index contributed by atoms with van der Waals surface area (Å²) in [7, 11) is 0. The van der Waals surface area contributed by atoms with Crippen LogP contribution in [0.1, 0.15) is 0 Å². The summed E-state index contributed by atoms with van der Waals surface area (Å²) in [6.45, 7) is 0. The molecule has 42 valence electrons. The molecule has 8 heavy (non-hydrogen) atoms. The maximum atomic E-state index is 2.92. The average molecular weight is 109 g/mol. The molecule has 0 aromatic heterocycles. The molecular formula is C6H7NO. The molecule has 0 aromatic rings. The number of hydrogen-bond donors (Lipinski definition) is 1. The molecule has 0 amide bonds. The molecule has 2 radical (unpaired) electrons. The second-order valence-electron chi connectivity index (χ2n) is 1.27. The van der Waals surface area contributed by atoms with Crippen molar-refractivity contribution in [2.75, 3.05) is 0 Å². The molecule has 0 bridgehead atoms. The van der Waals surface area contributed by atoms with Crippen molar-refractivity contribution in [2.45, 2.75) is 0 Å². The summed E-state index contributed by atoms with van der Waals surface area (Å²) in [5, 5.41) is 2.92. The third kappa shape index (κ3) is 2.21. The molecule has 0 spiro atoms. The summed E-state index contributed by atoms with van der Waals surface area (Å²) >= 11 is 0. The molecule has 1 rings (SSSR count). The lowest BCUT2D eigenvalue weighted by atomic mass is 10.5. The molecule has 0 unspecified atom stereocenters. The highest BCUT2D eigenvalue weighted by Crippen LogP contribution is 1.81. The first-order chi connectivity index (χ1) is 3.50. The number of nitrogens with one attached hydrogen (secondary N) is 1. The van der Waals surface area contributed by atoms with Crippen LogP contribution in [0.15, 0.2) is 36.7 Å². The van der Waals surface area contributed by atoms with E-state index in [0.29, 0.717) is 0 Å². The van der Waals surface area contributed by atoms with Gasteiger partial charge in [-0.15, -0.1) is 0 Å². The Hall–Kier alpha value is -1.02. The fourth-order valence-corrected chi connectivity index (χ4v) is 0.406. The van der Waals surface area contributed by atoms with Crippen LogP contribution in [-0.2, 0) is 5.48 Å². The Morgan fingerprint density at radius 3 is 1.75 bits per heavy atom. The lowest BCUT2D eigenvalue weighted by Gasteiger charge is -1.79. The summed E-state index contributed by atoms with van der Waals surface area (Å²) in [5.74, 6) is 0. The molecule has 0 atom stereocenters.